The molecule has 0 aliphatic heterocycles. The molecular formula is C14H16ClNS. The molecule has 0 fully saturated rings. The molecule has 1 nitrogen and oxygen atoms in total. The predicted molar refractivity (Wildman–Crippen MR) is 75.9 cm³/mol. The highest BCUT2D eigenvalue weighted by Crippen LogP contribution is 2.26. The maximum Gasteiger partial charge on any atom is 0.0441 e. The van der Waals surface area contributed by atoms with Crippen molar-refractivity contribution in [3.05, 3.63) is 56.2 Å². The smallest absolute Gasteiger partial charge is 0.0441 e. The van der Waals surface area contributed by atoms with Crippen molar-refractivity contribution in [1.29, 1.82) is 0 Å². The Kier molecular flexibility index (Phi) is 3.87. The van der Waals surface area contributed by atoms with Crippen molar-refractivity contribution in [3.63, 3.8) is 0 Å². The highest BCUT2D eigenvalue weighted by Gasteiger charge is 2.12. The zero-order chi connectivity index (χ0) is 12.4. The minimum absolute atomic E-state index is 0.0291. The van der Waals surface area contributed by atoms with E-state index in [2.05, 4.69) is 29.8 Å². The normalized spacial score (nSPS) is 12.7. The van der Waals surface area contributed by atoms with Crippen LogP contribution in [-0.4, -0.2) is 0 Å². The molecule has 1 heterocycles. The van der Waals surface area contributed by atoms with E-state index in [1.807, 2.05) is 13.0 Å². The van der Waals surface area contributed by atoms with Gasteiger partial charge in [0.2, 0.25) is 0 Å². The summed E-state index contributed by atoms with van der Waals surface area (Å²) in [7, 11) is 0. The molecule has 2 rings (SSSR count). The lowest BCUT2D eigenvalue weighted by Crippen LogP contribution is -2.13. The molecule has 0 spiro atoms. The Bertz CT molecular complexity index is 519. The largest absolute Gasteiger partial charge is 0.324 e. The molecule has 1 aromatic heterocycles. The van der Waals surface area contributed by atoms with Crippen LogP contribution < -0.4 is 5.73 Å². The third-order valence-electron chi connectivity index (χ3n) is 2.94. The van der Waals surface area contributed by atoms with Crippen molar-refractivity contribution in [2.75, 3.05) is 0 Å². The second-order valence-corrected chi connectivity index (χ2v) is 5.57. The van der Waals surface area contributed by atoms with E-state index in [1.165, 1.54) is 16.7 Å². The molecule has 17 heavy (non-hydrogen) atoms. The maximum atomic E-state index is 6.23. The molecule has 1 atom stereocenters. The first kappa shape index (κ1) is 12.6. The van der Waals surface area contributed by atoms with Gasteiger partial charge in [0, 0.05) is 11.1 Å². The van der Waals surface area contributed by atoms with Gasteiger partial charge in [-0.15, -0.1) is 0 Å². The summed E-state index contributed by atoms with van der Waals surface area (Å²) >= 11 is 7.92. The number of rotatable bonds is 3. The van der Waals surface area contributed by atoms with Crippen molar-refractivity contribution in [2.45, 2.75) is 26.3 Å². The van der Waals surface area contributed by atoms with Crippen molar-refractivity contribution in [1.82, 2.24) is 0 Å². The van der Waals surface area contributed by atoms with Crippen LogP contribution in [0.1, 0.15) is 28.3 Å². The number of benzene rings is 1. The van der Waals surface area contributed by atoms with Gasteiger partial charge in [-0.25, -0.2) is 0 Å². The summed E-state index contributed by atoms with van der Waals surface area (Å²) in [5.74, 6) is 0. The first-order chi connectivity index (χ1) is 8.08. The van der Waals surface area contributed by atoms with Crippen LogP contribution >= 0.6 is 22.9 Å². The first-order valence-corrected chi connectivity index (χ1v) is 6.93. The van der Waals surface area contributed by atoms with E-state index >= 15 is 0 Å². The molecule has 0 aliphatic carbocycles. The SMILES string of the molecule is Cc1ccc(CC(N)c2cscc2C)c(Cl)c1. The van der Waals surface area contributed by atoms with E-state index in [1.54, 1.807) is 11.3 Å². The standard InChI is InChI=1S/C14H16ClNS/c1-9-3-4-11(13(15)5-9)6-14(16)12-8-17-7-10(12)2/h3-5,7-8,14H,6,16H2,1-2H3. The zero-order valence-electron chi connectivity index (χ0n) is 10.0. The lowest BCUT2D eigenvalue weighted by molar-refractivity contribution is 0.720. The van der Waals surface area contributed by atoms with Crippen LogP contribution in [-0.2, 0) is 6.42 Å². The van der Waals surface area contributed by atoms with E-state index < -0.39 is 0 Å². The maximum absolute atomic E-state index is 6.23. The molecule has 2 N–H and O–H groups in total. The molecule has 1 aromatic carbocycles. The minimum Gasteiger partial charge on any atom is -0.324 e. The van der Waals surface area contributed by atoms with Crippen LogP contribution in [0.15, 0.2) is 29.0 Å². The van der Waals surface area contributed by atoms with Gasteiger partial charge in [-0.3, -0.25) is 0 Å². The van der Waals surface area contributed by atoms with Crippen molar-refractivity contribution >= 4 is 22.9 Å². The Morgan fingerprint density at radius 1 is 1.29 bits per heavy atom. The number of halogens is 1. The third kappa shape index (κ3) is 2.89. The van der Waals surface area contributed by atoms with Gasteiger partial charge in [0.15, 0.2) is 0 Å². The van der Waals surface area contributed by atoms with Crippen LogP contribution in [0, 0.1) is 13.8 Å². The second kappa shape index (κ2) is 5.21. The molecule has 0 saturated carbocycles. The lowest BCUT2D eigenvalue weighted by atomic mass is 9.99. The topological polar surface area (TPSA) is 26.0 Å². The van der Waals surface area contributed by atoms with Gasteiger partial charge in [-0.05, 0) is 59.3 Å². The van der Waals surface area contributed by atoms with Gasteiger partial charge < -0.3 is 5.73 Å². The molecular weight excluding hydrogens is 250 g/mol. The fraction of sp³-hybridized carbons (Fsp3) is 0.286. The highest BCUT2D eigenvalue weighted by atomic mass is 35.5. The zero-order valence-corrected chi connectivity index (χ0v) is 11.6. The Morgan fingerprint density at radius 3 is 2.65 bits per heavy atom. The van der Waals surface area contributed by atoms with Gasteiger partial charge in [0.25, 0.3) is 0 Å². The van der Waals surface area contributed by atoms with E-state index in [9.17, 15) is 0 Å². The van der Waals surface area contributed by atoms with Crippen LogP contribution in [0.5, 0.6) is 0 Å². The molecule has 0 saturated heterocycles. The first-order valence-electron chi connectivity index (χ1n) is 5.61. The summed E-state index contributed by atoms with van der Waals surface area (Å²) < 4.78 is 0. The van der Waals surface area contributed by atoms with Gasteiger partial charge in [0.05, 0.1) is 0 Å². The van der Waals surface area contributed by atoms with Gasteiger partial charge in [0.1, 0.15) is 0 Å². The molecule has 2 aromatic rings. The number of nitrogens with two attached hydrogens (primary N) is 1. The summed E-state index contributed by atoms with van der Waals surface area (Å²) in [6.07, 6.45) is 0.788. The van der Waals surface area contributed by atoms with Crippen LogP contribution in [0.3, 0.4) is 0 Å². The summed E-state index contributed by atoms with van der Waals surface area (Å²) in [5, 5.41) is 5.07. The summed E-state index contributed by atoms with van der Waals surface area (Å²) in [6, 6.07) is 6.17. The molecule has 0 radical (unpaired) electrons. The quantitative estimate of drug-likeness (QED) is 0.882. The lowest BCUT2D eigenvalue weighted by Gasteiger charge is -2.13. The van der Waals surface area contributed by atoms with Gasteiger partial charge >= 0.3 is 0 Å². The summed E-state index contributed by atoms with van der Waals surface area (Å²) in [6.45, 7) is 4.14. The van der Waals surface area contributed by atoms with E-state index in [0.29, 0.717) is 0 Å². The number of hydrogen-bond donors (Lipinski definition) is 1. The Morgan fingerprint density at radius 2 is 2.06 bits per heavy atom. The molecule has 0 bridgehead atoms. The number of aryl methyl sites for hydroxylation is 2. The highest BCUT2D eigenvalue weighted by molar-refractivity contribution is 7.08. The van der Waals surface area contributed by atoms with Crippen LogP contribution in [0.25, 0.3) is 0 Å². The third-order valence-corrected chi connectivity index (χ3v) is 4.17. The van der Waals surface area contributed by atoms with Crippen molar-refractivity contribution in [2.24, 2.45) is 5.73 Å². The summed E-state index contributed by atoms with van der Waals surface area (Å²) in [4.78, 5) is 0. The molecule has 90 valence electrons. The van der Waals surface area contributed by atoms with Gasteiger partial charge in [-0.2, -0.15) is 11.3 Å². The summed E-state index contributed by atoms with van der Waals surface area (Å²) in [5.41, 5.74) is 11.0. The number of hydrogen-bond acceptors (Lipinski definition) is 2. The Labute approximate surface area is 111 Å². The number of thiophene rings is 1. The fourth-order valence-corrected chi connectivity index (χ4v) is 3.14. The molecule has 1 unspecified atom stereocenters. The monoisotopic (exact) mass is 265 g/mol. The Hall–Kier alpha value is -0.830. The molecule has 3 heteroatoms. The van der Waals surface area contributed by atoms with Crippen molar-refractivity contribution in [3.8, 4) is 0 Å². The van der Waals surface area contributed by atoms with E-state index in [0.717, 1.165) is 17.0 Å². The van der Waals surface area contributed by atoms with Gasteiger partial charge in [-0.1, -0.05) is 23.7 Å². The Balaban J connectivity index is 2.19. The average molecular weight is 266 g/mol. The predicted octanol–water partition coefficient (Wildman–Crippen LogP) is 4.26. The van der Waals surface area contributed by atoms with E-state index in [-0.39, 0.29) is 6.04 Å². The van der Waals surface area contributed by atoms with Crippen molar-refractivity contribution < 1.29 is 0 Å². The average Bonchev–Trinajstić information content (AvgIpc) is 2.68. The molecule has 0 amide bonds. The fourth-order valence-electron chi connectivity index (χ4n) is 1.91. The molecule has 0 aliphatic rings. The van der Waals surface area contributed by atoms with Crippen LogP contribution in [0.2, 0.25) is 5.02 Å². The van der Waals surface area contributed by atoms with E-state index in [4.69, 9.17) is 17.3 Å². The van der Waals surface area contributed by atoms with Crippen LogP contribution in [0.4, 0.5) is 0 Å². The second-order valence-electron chi connectivity index (χ2n) is 4.42. The minimum atomic E-state index is 0.0291.